The molecule has 3 nitrogen and oxygen atoms in total. The van der Waals surface area contributed by atoms with Gasteiger partial charge in [-0.05, 0) is 56.0 Å². The Hall–Kier alpha value is -1.39. The number of nitrogens with one attached hydrogen (secondary N) is 1. The fraction of sp³-hybridized carbons (Fsp3) is 0.556. The van der Waals surface area contributed by atoms with Crippen molar-refractivity contribution in [2.75, 3.05) is 14.2 Å². The van der Waals surface area contributed by atoms with E-state index in [9.17, 15) is 4.39 Å². The lowest BCUT2D eigenvalue weighted by atomic mass is 9.79. The minimum atomic E-state index is -0.170. The Kier molecular flexibility index (Phi) is 4.50. The molecule has 3 atom stereocenters. The van der Waals surface area contributed by atoms with Crippen molar-refractivity contribution >= 4 is 0 Å². The minimum Gasteiger partial charge on any atom is -0.297 e. The Morgan fingerprint density at radius 3 is 2.68 bits per heavy atom. The van der Waals surface area contributed by atoms with E-state index in [2.05, 4.69) is 24.4 Å². The third-order valence-corrected chi connectivity index (χ3v) is 5.28. The summed E-state index contributed by atoms with van der Waals surface area (Å²) in [5, 5.41) is 0. The maximum absolute atomic E-state index is 13.3. The van der Waals surface area contributed by atoms with Crippen LogP contribution in [-0.4, -0.2) is 31.1 Å². The summed E-state index contributed by atoms with van der Waals surface area (Å²) in [5.41, 5.74) is 6.91. The van der Waals surface area contributed by atoms with Crippen molar-refractivity contribution in [3.8, 4) is 0 Å². The smallest absolute Gasteiger partial charge is 0.123 e. The predicted molar refractivity (Wildman–Crippen MR) is 85.8 cm³/mol. The number of halogens is 1. The first kappa shape index (κ1) is 15.5. The first-order valence-corrected chi connectivity index (χ1v) is 8.15. The highest BCUT2D eigenvalue weighted by molar-refractivity contribution is 5.38. The van der Waals surface area contributed by atoms with Crippen LogP contribution in [-0.2, 0) is 4.84 Å². The van der Waals surface area contributed by atoms with Gasteiger partial charge in [0.05, 0.1) is 7.11 Å². The van der Waals surface area contributed by atoms with Crippen LogP contribution in [0.3, 0.4) is 0 Å². The van der Waals surface area contributed by atoms with Crippen LogP contribution in [0.25, 0.3) is 0 Å². The quantitative estimate of drug-likeness (QED) is 0.860. The Labute approximate surface area is 132 Å². The Balaban J connectivity index is 2.04. The lowest BCUT2D eigenvalue weighted by molar-refractivity contribution is 0.110. The Bertz CT molecular complexity index is 555. The summed E-state index contributed by atoms with van der Waals surface area (Å²) in [6.07, 6.45) is 4.45. The molecule has 2 aliphatic heterocycles. The highest BCUT2D eigenvalue weighted by Gasteiger charge is 2.43. The van der Waals surface area contributed by atoms with E-state index in [0.29, 0.717) is 18.0 Å². The van der Waals surface area contributed by atoms with Crippen molar-refractivity contribution in [1.82, 2.24) is 10.4 Å². The number of rotatable bonds is 4. The van der Waals surface area contributed by atoms with E-state index >= 15 is 0 Å². The molecule has 2 saturated heterocycles. The number of piperidine rings is 1. The van der Waals surface area contributed by atoms with Crippen LogP contribution in [0.4, 0.5) is 4.39 Å². The van der Waals surface area contributed by atoms with Gasteiger partial charge in [-0.3, -0.25) is 15.2 Å². The van der Waals surface area contributed by atoms with Gasteiger partial charge in [-0.15, -0.1) is 0 Å². The Morgan fingerprint density at radius 2 is 2.05 bits per heavy atom. The van der Waals surface area contributed by atoms with E-state index in [1.165, 1.54) is 29.7 Å². The number of allylic oxidation sites excluding steroid dienone is 1. The lowest BCUT2D eigenvalue weighted by Gasteiger charge is -2.40. The summed E-state index contributed by atoms with van der Waals surface area (Å²) in [7, 11) is 3.89. The molecule has 0 aromatic heterocycles. The first-order valence-electron chi connectivity index (χ1n) is 8.15. The van der Waals surface area contributed by atoms with E-state index < -0.39 is 0 Å². The van der Waals surface area contributed by atoms with Crippen LogP contribution in [0.5, 0.6) is 0 Å². The van der Waals surface area contributed by atoms with Crippen molar-refractivity contribution in [3.63, 3.8) is 0 Å². The number of hydroxylamine groups is 1. The van der Waals surface area contributed by atoms with Gasteiger partial charge < -0.3 is 0 Å². The van der Waals surface area contributed by atoms with Crippen LogP contribution < -0.4 is 5.48 Å². The molecule has 22 heavy (non-hydrogen) atoms. The second-order valence-electron chi connectivity index (χ2n) is 6.35. The van der Waals surface area contributed by atoms with Gasteiger partial charge in [0.1, 0.15) is 5.82 Å². The molecule has 1 N–H and O–H groups in total. The fourth-order valence-corrected chi connectivity index (χ4v) is 4.18. The number of likely N-dealkylation sites (N-methyl/N-ethyl adjacent to an activating group) is 1. The molecule has 2 bridgehead atoms. The fourth-order valence-electron chi connectivity index (χ4n) is 4.18. The molecule has 4 heteroatoms. The zero-order chi connectivity index (χ0) is 15.7. The van der Waals surface area contributed by atoms with E-state index in [1.54, 1.807) is 19.2 Å². The number of benzene rings is 1. The van der Waals surface area contributed by atoms with Gasteiger partial charge in [0, 0.05) is 23.7 Å². The molecule has 0 amide bonds. The highest BCUT2D eigenvalue weighted by atomic mass is 19.1. The largest absolute Gasteiger partial charge is 0.297 e. The van der Waals surface area contributed by atoms with Crippen LogP contribution in [0.1, 0.15) is 44.1 Å². The summed E-state index contributed by atoms with van der Waals surface area (Å²) in [4.78, 5) is 7.71. The molecule has 0 radical (unpaired) electrons. The molecule has 2 fully saturated rings. The molecule has 120 valence electrons. The number of hydrogen-bond donors (Lipinski definition) is 1. The van der Waals surface area contributed by atoms with Crippen LogP contribution in [0.15, 0.2) is 35.5 Å². The Morgan fingerprint density at radius 1 is 1.32 bits per heavy atom. The molecule has 0 aliphatic carbocycles. The summed E-state index contributed by atoms with van der Waals surface area (Å²) < 4.78 is 13.3. The van der Waals surface area contributed by atoms with Crippen molar-refractivity contribution < 1.29 is 9.23 Å². The second kappa shape index (κ2) is 6.39. The van der Waals surface area contributed by atoms with E-state index in [0.717, 1.165) is 12.8 Å². The standard InChI is InChI=1S/C18H25FN2O/c1-4-16(20-22-3)18-15(12-5-7-13(19)8-6-12)11-14-9-10-17(18)21(14)2/h5-8,14-15,17,20H,4,9-11H2,1-3H3/t14?,15-,17-/m0/s1. The zero-order valence-electron chi connectivity index (χ0n) is 13.6. The average molecular weight is 304 g/mol. The minimum absolute atomic E-state index is 0.170. The van der Waals surface area contributed by atoms with Crippen molar-refractivity contribution in [2.45, 2.75) is 50.6 Å². The van der Waals surface area contributed by atoms with Gasteiger partial charge in [-0.25, -0.2) is 4.39 Å². The maximum atomic E-state index is 13.3. The van der Waals surface area contributed by atoms with Gasteiger partial charge in [0.2, 0.25) is 0 Å². The summed E-state index contributed by atoms with van der Waals surface area (Å²) in [6, 6.07) is 8.11. The summed E-state index contributed by atoms with van der Waals surface area (Å²) in [5.74, 6) is 0.183. The molecule has 1 unspecified atom stereocenters. The van der Waals surface area contributed by atoms with Gasteiger partial charge in [0.15, 0.2) is 0 Å². The molecule has 2 heterocycles. The van der Waals surface area contributed by atoms with Crippen LogP contribution in [0, 0.1) is 5.82 Å². The van der Waals surface area contributed by atoms with E-state index in [1.807, 2.05) is 12.1 Å². The van der Waals surface area contributed by atoms with Crippen molar-refractivity contribution in [2.24, 2.45) is 0 Å². The van der Waals surface area contributed by atoms with Crippen LogP contribution in [0.2, 0.25) is 0 Å². The third kappa shape index (κ3) is 2.66. The second-order valence-corrected chi connectivity index (χ2v) is 6.35. The molecule has 3 rings (SSSR count). The first-order chi connectivity index (χ1) is 10.7. The molecule has 2 aliphatic rings. The molecular formula is C18H25FN2O. The van der Waals surface area contributed by atoms with Gasteiger partial charge in [0.25, 0.3) is 0 Å². The van der Waals surface area contributed by atoms with E-state index in [-0.39, 0.29) is 5.82 Å². The maximum Gasteiger partial charge on any atom is 0.123 e. The molecule has 1 aromatic carbocycles. The predicted octanol–water partition coefficient (Wildman–Crippen LogP) is 3.59. The average Bonchev–Trinajstić information content (AvgIpc) is 2.76. The highest BCUT2D eigenvalue weighted by Crippen LogP contribution is 2.47. The molecular weight excluding hydrogens is 279 g/mol. The molecule has 0 spiro atoms. The van der Waals surface area contributed by atoms with Crippen molar-refractivity contribution in [1.29, 1.82) is 0 Å². The van der Waals surface area contributed by atoms with Crippen LogP contribution >= 0.6 is 0 Å². The molecule has 1 aromatic rings. The van der Waals surface area contributed by atoms with Gasteiger partial charge >= 0.3 is 0 Å². The topological polar surface area (TPSA) is 24.5 Å². The van der Waals surface area contributed by atoms with Gasteiger partial charge in [-0.2, -0.15) is 0 Å². The van der Waals surface area contributed by atoms with Gasteiger partial charge in [-0.1, -0.05) is 19.1 Å². The SMILES string of the molecule is CCC(NOC)=C1[C@H](c2ccc(F)cc2)CC2CC[C@@H]1N2C. The molecule has 0 saturated carbocycles. The summed E-state index contributed by atoms with van der Waals surface area (Å²) >= 11 is 0. The van der Waals surface area contributed by atoms with Crippen molar-refractivity contribution in [3.05, 3.63) is 46.9 Å². The lowest BCUT2D eigenvalue weighted by Crippen LogP contribution is -2.42. The third-order valence-electron chi connectivity index (χ3n) is 5.28. The number of hydrogen-bond acceptors (Lipinski definition) is 3. The monoisotopic (exact) mass is 304 g/mol. The normalized spacial score (nSPS) is 30.5. The van der Waals surface area contributed by atoms with E-state index in [4.69, 9.17) is 4.84 Å². The number of nitrogens with zero attached hydrogens (tertiary/aromatic N) is 1. The zero-order valence-corrected chi connectivity index (χ0v) is 13.6. The number of fused-ring (bicyclic) bond motifs is 2. The summed E-state index contributed by atoms with van der Waals surface area (Å²) in [6.45, 7) is 2.15.